The van der Waals surface area contributed by atoms with Crippen molar-refractivity contribution in [1.82, 2.24) is 15.0 Å². The molecule has 1 aromatic carbocycles. The minimum atomic E-state index is 0.539. The highest BCUT2D eigenvalue weighted by Crippen LogP contribution is 2.26. The van der Waals surface area contributed by atoms with Crippen molar-refractivity contribution in [2.75, 3.05) is 5.73 Å². The van der Waals surface area contributed by atoms with Gasteiger partial charge in [0.05, 0.1) is 12.2 Å². The number of nitrogens with two attached hydrogens (primary N) is 1. The van der Waals surface area contributed by atoms with E-state index in [0.717, 1.165) is 18.7 Å². The van der Waals surface area contributed by atoms with Crippen molar-refractivity contribution in [3.8, 4) is 0 Å². The first-order valence-corrected chi connectivity index (χ1v) is 6.80. The number of aromatic nitrogens is 3. The molecule has 0 atom stereocenters. The van der Waals surface area contributed by atoms with Crippen molar-refractivity contribution in [3.05, 3.63) is 40.9 Å². The lowest BCUT2D eigenvalue weighted by Gasteiger charge is -2.04. The van der Waals surface area contributed by atoms with Crippen LogP contribution in [-0.2, 0) is 13.0 Å². The molecular formula is C13H14N4S. The molecule has 4 nitrogen and oxygen atoms in total. The fourth-order valence-electron chi connectivity index (χ4n) is 2.15. The van der Waals surface area contributed by atoms with Crippen molar-refractivity contribution in [3.63, 3.8) is 0 Å². The van der Waals surface area contributed by atoms with Gasteiger partial charge in [0.15, 0.2) is 5.82 Å². The molecule has 0 amide bonds. The van der Waals surface area contributed by atoms with Gasteiger partial charge in [0.1, 0.15) is 0 Å². The van der Waals surface area contributed by atoms with Crippen LogP contribution in [0.25, 0.3) is 10.1 Å². The van der Waals surface area contributed by atoms with Crippen LogP contribution in [0.1, 0.15) is 18.2 Å². The summed E-state index contributed by atoms with van der Waals surface area (Å²) in [6, 6.07) is 8.41. The highest BCUT2D eigenvalue weighted by atomic mass is 32.1. The number of anilines is 1. The number of hydrogen-bond donors (Lipinski definition) is 1. The minimum absolute atomic E-state index is 0.539. The third-order valence-corrected chi connectivity index (χ3v) is 4.10. The molecular weight excluding hydrogens is 244 g/mol. The van der Waals surface area contributed by atoms with Gasteiger partial charge in [0.25, 0.3) is 0 Å². The summed E-state index contributed by atoms with van der Waals surface area (Å²) in [5.41, 5.74) is 8.08. The summed E-state index contributed by atoms with van der Waals surface area (Å²) in [6.45, 7) is 2.80. The Bertz CT molecular complexity index is 683. The molecule has 0 aliphatic heterocycles. The Morgan fingerprint density at radius 2 is 2.17 bits per heavy atom. The molecule has 5 heteroatoms. The lowest BCUT2D eigenvalue weighted by molar-refractivity contribution is 0.625. The average Bonchev–Trinajstić information content (AvgIpc) is 2.95. The standard InChI is InChI=1S/C13H14N4S/c1-2-11-13(14)15-16-17(11)7-9-8-18-12-6-4-3-5-10(9)12/h3-6,8H,2,7,14H2,1H3. The molecule has 0 fully saturated rings. The number of hydrogen-bond acceptors (Lipinski definition) is 4. The van der Waals surface area contributed by atoms with Crippen molar-refractivity contribution in [2.24, 2.45) is 0 Å². The van der Waals surface area contributed by atoms with E-state index in [1.165, 1.54) is 15.6 Å². The van der Waals surface area contributed by atoms with Crippen LogP contribution >= 0.6 is 11.3 Å². The molecule has 2 N–H and O–H groups in total. The van der Waals surface area contributed by atoms with Gasteiger partial charge in [-0.2, -0.15) is 0 Å². The topological polar surface area (TPSA) is 56.7 Å². The molecule has 92 valence electrons. The second-order valence-electron chi connectivity index (χ2n) is 4.19. The van der Waals surface area contributed by atoms with E-state index in [1.807, 2.05) is 4.68 Å². The number of fused-ring (bicyclic) bond motifs is 1. The third kappa shape index (κ3) is 1.76. The Balaban J connectivity index is 2.01. The number of benzene rings is 1. The second kappa shape index (κ2) is 4.42. The first kappa shape index (κ1) is 11.2. The molecule has 0 saturated carbocycles. The molecule has 0 saturated heterocycles. The summed E-state index contributed by atoms with van der Waals surface area (Å²) < 4.78 is 3.20. The van der Waals surface area contributed by atoms with E-state index in [0.29, 0.717) is 5.82 Å². The second-order valence-corrected chi connectivity index (χ2v) is 5.10. The van der Waals surface area contributed by atoms with Crippen molar-refractivity contribution in [2.45, 2.75) is 19.9 Å². The first-order chi connectivity index (χ1) is 8.79. The maximum Gasteiger partial charge on any atom is 0.169 e. The number of nitrogen functional groups attached to an aromatic ring is 1. The molecule has 0 aliphatic carbocycles. The highest BCUT2D eigenvalue weighted by molar-refractivity contribution is 7.17. The Morgan fingerprint density at radius 1 is 1.33 bits per heavy atom. The van der Waals surface area contributed by atoms with Crippen LogP contribution in [0.5, 0.6) is 0 Å². The van der Waals surface area contributed by atoms with E-state index >= 15 is 0 Å². The Kier molecular flexibility index (Phi) is 2.76. The summed E-state index contributed by atoms with van der Waals surface area (Å²) in [6.07, 6.45) is 0.848. The van der Waals surface area contributed by atoms with E-state index in [4.69, 9.17) is 5.73 Å². The maximum atomic E-state index is 5.80. The van der Waals surface area contributed by atoms with Gasteiger partial charge in [-0.25, -0.2) is 4.68 Å². The fraction of sp³-hybridized carbons (Fsp3) is 0.231. The molecule has 0 bridgehead atoms. The number of thiophene rings is 1. The molecule has 3 rings (SSSR count). The van der Waals surface area contributed by atoms with Gasteiger partial charge in [-0.05, 0) is 28.8 Å². The van der Waals surface area contributed by atoms with Crippen LogP contribution in [0.15, 0.2) is 29.6 Å². The van der Waals surface area contributed by atoms with Crippen LogP contribution in [0, 0.1) is 0 Å². The van der Waals surface area contributed by atoms with E-state index < -0.39 is 0 Å². The molecule has 0 aliphatic rings. The first-order valence-electron chi connectivity index (χ1n) is 5.92. The maximum absolute atomic E-state index is 5.80. The summed E-state index contributed by atoms with van der Waals surface area (Å²) in [5, 5.41) is 11.5. The zero-order chi connectivity index (χ0) is 12.5. The monoisotopic (exact) mass is 258 g/mol. The van der Waals surface area contributed by atoms with Crippen molar-refractivity contribution >= 4 is 27.2 Å². The SMILES string of the molecule is CCc1c(N)nnn1Cc1csc2ccccc12. The molecule has 3 aromatic rings. The highest BCUT2D eigenvalue weighted by Gasteiger charge is 2.10. The van der Waals surface area contributed by atoms with E-state index in [9.17, 15) is 0 Å². The molecule has 2 heterocycles. The minimum Gasteiger partial charge on any atom is -0.381 e. The number of nitrogens with zero attached hydrogens (tertiary/aromatic N) is 3. The summed E-state index contributed by atoms with van der Waals surface area (Å²) >= 11 is 1.76. The van der Waals surface area contributed by atoms with E-state index in [2.05, 4.69) is 46.9 Å². The summed E-state index contributed by atoms with van der Waals surface area (Å²) in [5.74, 6) is 0.539. The fourth-order valence-corrected chi connectivity index (χ4v) is 3.11. The summed E-state index contributed by atoms with van der Waals surface area (Å²) in [7, 11) is 0. The predicted molar refractivity (Wildman–Crippen MR) is 74.7 cm³/mol. The van der Waals surface area contributed by atoms with Gasteiger partial charge in [0.2, 0.25) is 0 Å². The van der Waals surface area contributed by atoms with Gasteiger partial charge in [-0.15, -0.1) is 16.4 Å². The normalized spacial score (nSPS) is 11.2. The molecule has 18 heavy (non-hydrogen) atoms. The van der Waals surface area contributed by atoms with Crippen LogP contribution in [-0.4, -0.2) is 15.0 Å². The van der Waals surface area contributed by atoms with Crippen LogP contribution in [0.3, 0.4) is 0 Å². The van der Waals surface area contributed by atoms with Gasteiger partial charge in [-0.3, -0.25) is 0 Å². The van der Waals surface area contributed by atoms with Crippen LogP contribution in [0.2, 0.25) is 0 Å². The van der Waals surface area contributed by atoms with Gasteiger partial charge in [-0.1, -0.05) is 30.3 Å². The largest absolute Gasteiger partial charge is 0.381 e. The number of rotatable bonds is 3. The van der Waals surface area contributed by atoms with Gasteiger partial charge >= 0.3 is 0 Å². The smallest absolute Gasteiger partial charge is 0.169 e. The molecule has 0 spiro atoms. The van der Waals surface area contributed by atoms with Crippen molar-refractivity contribution < 1.29 is 0 Å². The van der Waals surface area contributed by atoms with E-state index in [-0.39, 0.29) is 0 Å². The molecule has 2 aromatic heterocycles. The van der Waals surface area contributed by atoms with Crippen LogP contribution in [0.4, 0.5) is 5.82 Å². The summed E-state index contributed by atoms with van der Waals surface area (Å²) in [4.78, 5) is 0. The lowest BCUT2D eigenvalue weighted by atomic mass is 10.2. The molecule has 0 radical (unpaired) electrons. The van der Waals surface area contributed by atoms with Crippen molar-refractivity contribution in [1.29, 1.82) is 0 Å². The average molecular weight is 258 g/mol. The quantitative estimate of drug-likeness (QED) is 0.785. The third-order valence-electron chi connectivity index (χ3n) is 3.08. The van der Waals surface area contributed by atoms with E-state index in [1.54, 1.807) is 11.3 Å². The molecule has 0 unspecified atom stereocenters. The Labute approximate surface area is 109 Å². The van der Waals surface area contributed by atoms with Gasteiger partial charge in [0, 0.05) is 4.70 Å². The Morgan fingerprint density at radius 3 is 3.00 bits per heavy atom. The Hall–Kier alpha value is -1.88. The van der Waals surface area contributed by atoms with Crippen LogP contribution < -0.4 is 5.73 Å². The zero-order valence-electron chi connectivity index (χ0n) is 10.1. The van der Waals surface area contributed by atoms with Gasteiger partial charge < -0.3 is 5.73 Å². The lowest BCUT2D eigenvalue weighted by Crippen LogP contribution is -2.06. The predicted octanol–water partition coefficient (Wildman–Crippen LogP) is 2.69. The zero-order valence-corrected chi connectivity index (χ0v) is 10.9.